The van der Waals surface area contributed by atoms with Gasteiger partial charge in [-0.3, -0.25) is 4.79 Å². The molecule has 3 nitrogen and oxygen atoms in total. The molecule has 0 aromatic heterocycles. The standard InChI is InChI=1S/C13H16FNO2/c14-11-6-4-10(5-7-11)13(17)15(8-9-16)12-2-1-3-12/h4-7,12,16H,1-3,8-9H2. The van der Waals surface area contributed by atoms with Crippen LogP contribution in [0.1, 0.15) is 29.6 Å². The number of hydrogen-bond acceptors (Lipinski definition) is 2. The highest BCUT2D eigenvalue weighted by Gasteiger charge is 2.28. The molecule has 1 aliphatic carbocycles. The third-order valence-electron chi connectivity index (χ3n) is 3.21. The van der Waals surface area contributed by atoms with E-state index in [1.54, 1.807) is 4.90 Å². The van der Waals surface area contributed by atoms with Crippen LogP contribution in [0.5, 0.6) is 0 Å². The van der Waals surface area contributed by atoms with Crippen molar-refractivity contribution < 1.29 is 14.3 Å². The SMILES string of the molecule is O=C(c1ccc(F)cc1)N(CCO)C1CCC1. The molecular weight excluding hydrogens is 221 g/mol. The number of carbonyl (C=O) groups excluding carboxylic acids is 1. The highest BCUT2D eigenvalue weighted by atomic mass is 19.1. The van der Waals surface area contributed by atoms with Gasteiger partial charge < -0.3 is 10.0 Å². The predicted molar refractivity (Wildman–Crippen MR) is 62.2 cm³/mol. The van der Waals surface area contributed by atoms with E-state index in [-0.39, 0.29) is 24.4 Å². The van der Waals surface area contributed by atoms with Gasteiger partial charge in [0.25, 0.3) is 5.91 Å². The number of nitrogens with zero attached hydrogens (tertiary/aromatic N) is 1. The fourth-order valence-electron chi connectivity index (χ4n) is 2.01. The molecular formula is C13H16FNO2. The Morgan fingerprint density at radius 1 is 1.35 bits per heavy atom. The number of carbonyl (C=O) groups is 1. The van der Waals surface area contributed by atoms with Crippen molar-refractivity contribution in [2.75, 3.05) is 13.2 Å². The lowest BCUT2D eigenvalue weighted by atomic mass is 9.91. The zero-order valence-corrected chi connectivity index (χ0v) is 9.60. The van der Waals surface area contributed by atoms with Gasteiger partial charge in [0.2, 0.25) is 0 Å². The Bertz CT molecular complexity index is 387. The summed E-state index contributed by atoms with van der Waals surface area (Å²) in [5.41, 5.74) is 0.478. The number of aliphatic hydroxyl groups excluding tert-OH is 1. The molecule has 0 aliphatic heterocycles. The summed E-state index contributed by atoms with van der Waals surface area (Å²) in [5, 5.41) is 8.99. The number of benzene rings is 1. The lowest BCUT2D eigenvalue weighted by Gasteiger charge is -2.37. The first-order valence-electron chi connectivity index (χ1n) is 5.90. The Morgan fingerprint density at radius 3 is 2.47 bits per heavy atom. The molecule has 0 atom stereocenters. The van der Waals surface area contributed by atoms with Gasteiger partial charge >= 0.3 is 0 Å². The lowest BCUT2D eigenvalue weighted by Crippen LogP contribution is -2.45. The average Bonchev–Trinajstić information content (AvgIpc) is 2.26. The fourth-order valence-corrected chi connectivity index (χ4v) is 2.01. The Hall–Kier alpha value is -1.42. The summed E-state index contributed by atoms with van der Waals surface area (Å²) in [6, 6.07) is 5.78. The van der Waals surface area contributed by atoms with Crippen LogP contribution >= 0.6 is 0 Å². The largest absolute Gasteiger partial charge is 0.395 e. The molecule has 1 amide bonds. The van der Waals surface area contributed by atoms with Crippen molar-refractivity contribution in [3.63, 3.8) is 0 Å². The molecule has 1 aliphatic rings. The van der Waals surface area contributed by atoms with E-state index in [2.05, 4.69) is 0 Å². The summed E-state index contributed by atoms with van der Waals surface area (Å²) < 4.78 is 12.8. The molecule has 1 aromatic carbocycles. The summed E-state index contributed by atoms with van der Waals surface area (Å²) in [6.07, 6.45) is 3.11. The van der Waals surface area contributed by atoms with Gasteiger partial charge in [-0.2, -0.15) is 0 Å². The van der Waals surface area contributed by atoms with Crippen LogP contribution in [0.2, 0.25) is 0 Å². The second kappa shape index (κ2) is 5.27. The normalized spacial score (nSPS) is 15.4. The van der Waals surface area contributed by atoms with Gasteiger partial charge in [-0.15, -0.1) is 0 Å². The summed E-state index contributed by atoms with van der Waals surface area (Å²) in [7, 11) is 0. The molecule has 1 fully saturated rings. The Morgan fingerprint density at radius 2 is 2.00 bits per heavy atom. The first kappa shape index (κ1) is 12.0. The smallest absolute Gasteiger partial charge is 0.254 e. The molecule has 2 rings (SSSR count). The first-order valence-corrected chi connectivity index (χ1v) is 5.90. The number of hydrogen-bond donors (Lipinski definition) is 1. The van der Waals surface area contributed by atoms with Crippen molar-refractivity contribution in [2.24, 2.45) is 0 Å². The van der Waals surface area contributed by atoms with Gasteiger partial charge in [0.15, 0.2) is 0 Å². The Labute approximate surface area is 99.9 Å². The summed E-state index contributed by atoms with van der Waals surface area (Å²) >= 11 is 0. The molecule has 0 bridgehead atoms. The number of aliphatic hydroxyl groups is 1. The van der Waals surface area contributed by atoms with Crippen LogP contribution in [-0.4, -0.2) is 35.1 Å². The van der Waals surface area contributed by atoms with Crippen molar-refractivity contribution >= 4 is 5.91 Å². The van der Waals surface area contributed by atoms with Gasteiger partial charge in [0.05, 0.1) is 6.61 Å². The molecule has 0 spiro atoms. The predicted octanol–water partition coefficient (Wildman–Crippen LogP) is 1.81. The van der Waals surface area contributed by atoms with Crippen molar-refractivity contribution in [1.29, 1.82) is 0 Å². The van der Waals surface area contributed by atoms with Crippen LogP contribution in [-0.2, 0) is 0 Å². The maximum atomic E-state index is 12.8. The maximum Gasteiger partial charge on any atom is 0.254 e. The third kappa shape index (κ3) is 2.64. The first-order chi connectivity index (χ1) is 8.22. The zero-order valence-electron chi connectivity index (χ0n) is 9.60. The van der Waals surface area contributed by atoms with Gasteiger partial charge in [0.1, 0.15) is 5.82 Å². The molecule has 1 aromatic rings. The van der Waals surface area contributed by atoms with E-state index in [0.29, 0.717) is 12.1 Å². The van der Waals surface area contributed by atoms with E-state index in [0.717, 1.165) is 19.3 Å². The van der Waals surface area contributed by atoms with Crippen molar-refractivity contribution in [3.05, 3.63) is 35.6 Å². The molecule has 17 heavy (non-hydrogen) atoms. The highest BCUT2D eigenvalue weighted by molar-refractivity contribution is 5.94. The van der Waals surface area contributed by atoms with Gasteiger partial charge in [0, 0.05) is 18.2 Å². The second-order valence-electron chi connectivity index (χ2n) is 4.31. The number of amides is 1. The molecule has 1 N–H and O–H groups in total. The van der Waals surface area contributed by atoms with Crippen molar-refractivity contribution in [2.45, 2.75) is 25.3 Å². The molecule has 0 saturated heterocycles. The van der Waals surface area contributed by atoms with E-state index in [9.17, 15) is 9.18 Å². The third-order valence-corrected chi connectivity index (χ3v) is 3.21. The van der Waals surface area contributed by atoms with Gasteiger partial charge in [-0.1, -0.05) is 0 Å². The van der Waals surface area contributed by atoms with Crippen LogP contribution in [0, 0.1) is 5.82 Å². The van der Waals surface area contributed by atoms with Crippen molar-refractivity contribution in [3.8, 4) is 0 Å². The molecule has 0 heterocycles. The van der Waals surface area contributed by atoms with Gasteiger partial charge in [-0.05, 0) is 43.5 Å². The monoisotopic (exact) mass is 237 g/mol. The Balaban J connectivity index is 2.12. The van der Waals surface area contributed by atoms with Crippen LogP contribution in [0.15, 0.2) is 24.3 Å². The van der Waals surface area contributed by atoms with Gasteiger partial charge in [-0.25, -0.2) is 4.39 Å². The Kier molecular flexibility index (Phi) is 3.74. The minimum absolute atomic E-state index is 0.0383. The van der Waals surface area contributed by atoms with E-state index in [1.165, 1.54) is 24.3 Å². The van der Waals surface area contributed by atoms with Crippen LogP contribution < -0.4 is 0 Å². The molecule has 4 heteroatoms. The zero-order chi connectivity index (χ0) is 12.3. The van der Waals surface area contributed by atoms with Crippen LogP contribution in [0.3, 0.4) is 0 Å². The van der Waals surface area contributed by atoms with Crippen LogP contribution in [0.25, 0.3) is 0 Å². The minimum Gasteiger partial charge on any atom is -0.395 e. The van der Waals surface area contributed by atoms with E-state index in [1.807, 2.05) is 0 Å². The van der Waals surface area contributed by atoms with Crippen LogP contribution in [0.4, 0.5) is 4.39 Å². The minimum atomic E-state index is -0.348. The summed E-state index contributed by atoms with van der Waals surface area (Å²) in [6.45, 7) is 0.310. The summed E-state index contributed by atoms with van der Waals surface area (Å²) in [5.74, 6) is -0.470. The fraction of sp³-hybridized carbons (Fsp3) is 0.462. The van der Waals surface area contributed by atoms with E-state index < -0.39 is 0 Å². The molecule has 1 saturated carbocycles. The van der Waals surface area contributed by atoms with E-state index >= 15 is 0 Å². The average molecular weight is 237 g/mol. The number of rotatable bonds is 4. The second-order valence-corrected chi connectivity index (χ2v) is 4.31. The molecule has 92 valence electrons. The topological polar surface area (TPSA) is 40.5 Å². The summed E-state index contributed by atoms with van der Waals surface area (Å²) in [4.78, 5) is 13.9. The lowest BCUT2D eigenvalue weighted by molar-refractivity contribution is 0.0526. The molecule has 0 radical (unpaired) electrons. The highest BCUT2D eigenvalue weighted by Crippen LogP contribution is 2.25. The maximum absolute atomic E-state index is 12.8. The van der Waals surface area contributed by atoms with E-state index in [4.69, 9.17) is 5.11 Å². The number of halogens is 1. The molecule has 0 unspecified atom stereocenters. The quantitative estimate of drug-likeness (QED) is 0.867. The van der Waals surface area contributed by atoms with Crippen molar-refractivity contribution in [1.82, 2.24) is 4.90 Å².